The third-order valence-electron chi connectivity index (χ3n) is 12.4. The van der Waals surface area contributed by atoms with Gasteiger partial charge in [0.15, 0.2) is 0 Å². The second-order valence-electron chi connectivity index (χ2n) is 16.4. The Hall–Kier alpha value is -6.74. The molecule has 0 atom stereocenters. The Morgan fingerprint density at radius 3 is 1.36 bits per heavy atom. The third-order valence-corrected chi connectivity index (χ3v) is 12.4. The number of benzene rings is 6. The highest BCUT2D eigenvalue weighted by Crippen LogP contribution is 2.55. The van der Waals surface area contributed by atoms with E-state index in [2.05, 4.69) is 160 Å². The molecule has 2 heteroatoms. The molecule has 0 saturated heterocycles. The van der Waals surface area contributed by atoms with Crippen LogP contribution >= 0.6 is 0 Å². The first-order chi connectivity index (χ1) is 30.0. The molecule has 6 aromatic rings. The van der Waals surface area contributed by atoms with Gasteiger partial charge in [0.25, 0.3) is 0 Å². The molecule has 6 aromatic carbocycles. The Morgan fingerprint density at radius 2 is 0.918 bits per heavy atom. The van der Waals surface area contributed by atoms with Crippen LogP contribution in [0.3, 0.4) is 0 Å². The van der Waals surface area contributed by atoms with Crippen molar-refractivity contribution in [3.63, 3.8) is 0 Å². The minimum Gasteiger partial charge on any atom is -0.192 e. The predicted molar refractivity (Wildman–Crippen MR) is 261 cm³/mol. The number of hydrogen-bond donors (Lipinski definition) is 0. The maximum atomic E-state index is 10.5. The van der Waals surface area contributed by atoms with E-state index in [1.807, 2.05) is 42.5 Å². The van der Waals surface area contributed by atoms with E-state index in [-0.39, 0.29) is 5.41 Å². The van der Waals surface area contributed by atoms with Crippen molar-refractivity contribution in [2.75, 3.05) is 0 Å². The molecular formula is C59H56N2. The number of hydrogen-bond acceptors (Lipinski definition) is 2. The highest BCUT2D eigenvalue weighted by atomic mass is 14.5. The molecule has 0 radical (unpaired) electrons. The summed E-state index contributed by atoms with van der Waals surface area (Å²) in [6.45, 7) is 8.41. The monoisotopic (exact) mass is 792 g/mol. The van der Waals surface area contributed by atoms with Gasteiger partial charge in [0.1, 0.15) is 0 Å². The summed E-state index contributed by atoms with van der Waals surface area (Å²) in [5.41, 5.74) is 16.2. The van der Waals surface area contributed by atoms with Crippen molar-refractivity contribution in [2.24, 2.45) is 0 Å². The zero-order chi connectivity index (χ0) is 42.4. The number of nitriles is 2. The minimum atomic E-state index is -0.141. The second kappa shape index (κ2) is 20.5. The first-order valence-corrected chi connectivity index (χ1v) is 22.2. The summed E-state index contributed by atoms with van der Waals surface area (Å²) in [6.07, 6.45) is 22.0. The van der Waals surface area contributed by atoms with Crippen molar-refractivity contribution in [2.45, 2.75) is 83.5 Å². The number of rotatable bonds is 18. The van der Waals surface area contributed by atoms with Crippen molar-refractivity contribution < 1.29 is 0 Å². The smallest absolute Gasteiger partial charge is 0.0998 e. The van der Waals surface area contributed by atoms with Gasteiger partial charge in [-0.15, -0.1) is 0 Å². The van der Waals surface area contributed by atoms with Gasteiger partial charge in [0, 0.05) is 5.41 Å². The largest absolute Gasteiger partial charge is 0.192 e. The van der Waals surface area contributed by atoms with Crippen LogP contribution in [-0.4, -0.2) is 0 Å². The Balaban J connectivity index is 1.18. The quantitative estimate of drug-likeness (QED) is 0.0494. The lowest BCUT2D eigenvalue weighted by Crippen LogP contribution is -2.25. The van der Waals surface area contributed by atoms with Crippen LogP contribution in [-0.2, 0) is 5.41 Å². The minimum absolute atomic E-state index is 0.141. The van der Waals surface area contributed by atoms with E-state index in [4.69, 9.17) is 0 Å². The van der Waals surface area contributed by atoms with E-state index in [1.54, 1.807) is 0 Å². The Bertz CT molecular complexity index is 2590. The number of fused-ring (bicyclic) bond motifs is 3. The molecule has 1 aliphatic carbocycles. The molecule has 7 rings (SSSR count). The average Bonchev–Trinajstić information content (AvgIpc) is 3.58. The molecule has 0 unspecified atom stereocenters. The number of nitrogens with zero attached hydrogens (tertiary/aromatic N) is 2. The molecule has 0 heterocycles. The molecule has 0 N–H and O–H groups in total. The summed E-state index contributed by atoms with van der Waals surface area (Å²) in [5, 5.41) is 20.7. The van der Waals surface area contributed by atoms with E-state index in [9.17, 15) is 10.5 Å². The van der Waals surface area contributed by atoms with Gasteiger partial charge < -0.3 is 0 Å². The topological polar surface area (TPSA) is 47.6 Å². The van der Waals surface area contributed by atoms with Crippen LogP contribution in [0.2, 0.25) is 0 Å². The van der Waals surface area contributed by atoms with E-state index < -0.39 is 0 Å². The van der Waals surface area contributed by atoms with Crippen LogP contribution in [0.4, 0.5) is 0 Å². The van der Waals surface area contributed by atoms with Crippen LogP contribution in [0, 0.1) is 22.7 Å². The number of allylic oxidation sites excluding steroid dienone is 2. The van der Waals surface area contributed by atoms with E-state index in [0.717, 1.165) is 64.6 Å². The van der Waals surface area contributed by atoms with Gasteiger partial charge in [-0.05, 0) is 97.3 Å². The van der Waals surface area contributed by atoms with Crippen molar-refractivity contribution in [1.82, 2.24) is 0 Å². The maximum Gasteiger partial charge on any atom is 0.0998 e. The standard InChI is InChI=1S/C59H56N2/c1-4-7-9-14-36-59(37-15-10-8-5-2)57-40-47(38-53(42-60)49-16-12-11-13-17-49)26-34-55(57)56-35-27-48(41-58(56)59)39-54(43-61)52-32-24-46(25-33-52)19-18-45-22-30-51(31-23-45)50-28-20-44(6-3)21-29-50/h6,11-13,16-35,38-41H,3-5,7-10,14-15,36-37H2,1-2H3/b19-18+,53-38+,54-39+. The van der Waals surface area contributed by atoms with Crippen molar-refractivity contribution in [1.29, 1.82) is 10.5 Å². The van der Waals surface area contributed by atoms with Crippen molar-refractivity contribution >= 4 is 41.5 Å². The molecule has 0 saturated carbocycles. The molecule has 2 nitrogen and oxygen atoms in total. The lowest BCUT2D eigenvalue weighted by molar-refractivity contribution is 0.401. The molecule has 0 fully saturated rings. The van der Waals surface area contributed by atoms with Gasteiger partial charge in [0.2, 0.25) is 0 Å². The van der Waals surface area contributed by atoms with Gasteiger partial charge >= 0.3 is 0 Å². The normalized spacial score (nSPS) is 13.0. The molecule has 302 valence electrons. The van der Waals surface area contributed by atoms with Crippen LogP contribution in [0.25, 0.3) is 63.8 Å². The fourth-order valence-corrected chi connectivity index (χ4v) is 8.96. The molecule has 61 heavy (non-hydrogen) atoms. The fourth-order valence-electron chi connectivity index (χ4n) is 8.96. The van der Waals surface area contributed by atoms with Crippen LogP contribution in [0.1, 0.15) is 128 Å². The van der Waals surface area contributed by atoms with Crippen molar-refractivity contribution in [3.05, 3.63) is 196 Å². The maximum absolute atomic E-state index is 10.5. The third kappa shape index (κ3) is 10.0. The predicted octanol–water partition coefficient (Wildman–Crippen LogP) is 16.5. The first kappa shape index (κ1) is 42.4. The Kier molecular flexibility index (Phi) is 14.2. The molecule has 0 aromatic heterocycles. The van der Waals surface area contributed by atoms with Gasteiger partial charge in [-0.25, -0.2) is 0 Å². The molecular weight excluding hydrogens is 737 g/mol. The molecule has 0 bridgehead atoms. The Morgan fingerprint density at radius 1 is 0.492 bits per heavy atom. The van der Waals surface area contributed by atoms with E-state index >= 15 is 0 Å². The first-order valence-electron chi connectivity index (χ1n) is 22.2. The summed E-state index contributed by atoms with van der Waals surface area (Å²) in [6, 6.07) is 54.0. The van der Waals surface area contributed by atoms with Gasteiger partial charge in [-0.2, -0.15) is 10.5 Å². The second-order valence-corrected chi connectivity index (χ2v) is 16.4. The molecule has 0 aliphatic heterocycles. The zero-order valence-corrected chi connectivity index (χ0v) is 35.8. The highest BCUT2D eigenvalue weighted by Gasteiger charge is 2.42. The summed E-state index contributed by atoms with van der Waals surface area (Å²) < 4.78 is 0. The molecule has 0 spiro atoms. The fraction of sp³-hybridized carbons (Fsp3) is 0.220. The Labute approximate surface area is 364 Å². The van der Waals surface area contributed by atoms with Crippen LogP contribution in [0.5, 0.6) is 0 Å². The SMILES string of the molecule is C=Cc1ccc(-c2ccc(/C=C/c3ccc(/C(C#N)=C/c4ccc5c(c4)C(CCCCCC)(CCCCCC)c4cc(/C=C(\C#N)c6ccccc6)ccc4-5)cc3)cc2)cc1. The zero-order valence-electron chi connectivity index (χ0n) is 35.8. The summed E-state index contributed by atoms with van der Waals surface area (Å²) in [4.78, 5) is 0. The number of unbranched alkanes of at least 4 members (excludes halogenated alkanes) is 6. The summed E-state index contributed by atoms with van der Waals surface area (Å²) in [7, 11) is 0. The molecule has 1 aliphatic rings. The van der Waals surface area contributed by atoms with Gasteiger partial charge in [-0.1, -0.05) is 230 Å². The lowest BCUT2D eigenvalue weighted by Gasteiger charge is -2.33. The van der Waals surface area contributed by atoms with Gasteiger partial charge in [0.05, 0.1) is 23.3 Å². The van der Waals surface area contributed by atoms with E-state index in [1.165, 1.54) is 71.9 Å². The summed E-state index contributed by atoms with van der Waals surface area (Å²) >= 11 is 0. The van der Waals surface area contributed by atoms with E-state index in [0.29, 0.717) is 11.1 Å². The average molecular weight is 793 g/mol. The van der Waals surface area contributed by atoms with Crippen LogP contribution < -0.4 is 0 Å². The lowest BCUT2D eigenvalue weighted by atomic mass is 9.70. The molecule has 0 amide bonds. The highest BCUT2D eigenvalue weighted by molar-refractivity contribution is 5.93. The summed E-state index contributed by atoms with van der Waals surface area (Å²) in [5.74, 6) is 0. The van der Waals surface area contributed by atoms with Gasteiger partial charge in [-0.3, -0.25) is 0 Å². The van der Waals surface area contributed by atoms with Crippen LogP contribution in [0.15, 0.2) is 146 Å². The van der Waals surface area contributed by atoms with Crippen molar-refractivity contribution in [3.8, 4) is 34.4 Å².